The van der Waals surface area contributed by atoms with Gasteiger partial charge in [0.2, 0.25) is 64.5 Å². The Kier molecular flexibility index (Phi) is 27.1. The summed E-state index contributed by atoms with van der Waals surface area (Å²) in [5, 5.41) is 19.6. The lowest BCUT2D eigenvalue weighted by Crippen LogP contribution is -2.61. The van der Waals surface area contributed by atoms with Gasteiger partial charge in [-0.25, -0.2) is 15.2 Å². The molecule has 0 aromatic heterocycles. The van der Waals surface area contributed by atoms with E-state index in [1.165, 1.54) is 43.3 Å². The lowest BCUT2D eigenvalue weighted by Gasteiger charge is -2.29. The number of hydrogen-bond acceptors (Lipinski definition) is 17. The van der Waals surface area contributed by atoms with Crippen LogP contribution < -0.4 is 54.9 Å². The number of hydrogen-bond donors (Lipinski definition) is 12. The number of primary amides is 2. The first kappa shape index (κ1) is 62.4. The third-order valence-corrected chi connectivity index (χ3v) is 11.6. The lowest BCUT2D eigenvalue weighted by molar-refractivity contribution is -0.142. The number of Topliss-reactive ketones (excluding diaryl/α,β-unsaturated/α-hetero) is 4. The molecule has 0 saturated carbocycles. The number of nitrogens with one attached hydrogen (secondary N) is 7. The minimum atomic E-state index is -1.77. The van der Waals surface area contributed by atoms with Crippen molar-refractivity contribution in [1.82, 2.24) is 42.4 Å². The number of nitrogens with zero attached hydrogens (tertiary/aromatic N) is 1. The third kappa shape index (κ3) is 22.3. The van der Waals surface area contributed by atoms with Crippen molar-refractivity contribution in [2.45, 2.75) is 129 Å². The predicted molar refractivity (Wildman–Crippen MR) is 267 cm³/mol. The Labute approximate surface area is 428 Å². The molecule has 14 N–H and O–H groups in total. The van der Waals surface area contributed by atoms with Crippen LogP contribution in [-0.4, -0.2) is 130 Å². The van der Waals surface area contributed by atoms with Crippen LogP contribution in [0.4, 0.5) is 4.39 Å². The highest BCUT2D eigenvalue weighted by atomic mass is 32.1. The van der Waals surface area contributed by atoms with Crippen LogP contribution >= 0.6 is 12.6 Å². The van der Waals surface area contributed by atoms with Crippen molar-refractivity contribution in [3.05, 3.63) is 65.5 Å². The molecule has 23 nitrogen and oxygen atoms in total. The summed E-state index contributed by atoms with van der Waals surface area (Å²) < 4.78 is 13.8. The Hall–Kier alpha value is -6.67. The molecule has 73 heavy (non-hydrogen) atoms. The number of halogens is 1. The molecule has 25 heteroatoms. The highest BCUT2D eigenvalue weighted by molar-refractivity contribution is 7.80. The molecule has 7 atom stereocenters. The zero-order valence-corrected chi connectivity index (χ0v) is 42.6. The molecule has 0 aliphatic carbocycles. The predicted octanol–water partition coefficient (Wildman–Crippen LogP) is -1.42. The van der Waals surface area contributed by atoms with Crippen LogP contribution in [0.1, 0.15) is 90.7 Å². The van der Waals surface area contributed by atoms with E-state index in [0.717, 1.165) is 17.0 Å². The number of carbonyl (C=O) groups is 11. The summed E-state index contributed by atoms with van der Waals surface area (Å²) in [6.45, 7) is 6.58. The smallest absolute Gasteiger partial charge is 0.245 e. The SMILES string of the molecule is CC[C@H](C)C(NN[C@@H](CCC(N)=O)C(=O)N[C@@H](CC(N)=O)C(=O)N[C@@H](C)C(=O)N(CC(=O)N[C@@H](CC(C)C)C(=O)C(=O)CNN)Cc1ccc(F)cc1)C(=O)C(=O)[C@H](Cc1ccc(O)cc1)NC(=O)CCCS. The van der Waals surface area contributed by atoms with Gasteiger partial charge in [0, 0.05) is 25.8 Å². The highest BCUT2D eigenvalue weighted by Gasteiger charge is 2.37. The van der Waals surface area contributed by atoms with E-state index in [0.29, 0.717) is 29.7 Å². The van der Waals surface area contributed by atoms with E-state index in [4.69, 9.17) is 17.3 Å². The number of aromatic hydroxyl groups is 1. The van der Waals surface area contributed by atoms with Crippen molar-refractivity contribution in [3.8, 4) is 5.75 Å². The molecule has 2 aromatic carbocycles. The number of benzene rings is 2. The molecule has 0 aliphatic heterocycles. The van der Waals surface area contributed by atoms with Gasteiger partial charge in [0.1, 0.15) is 29.7 Å². The van der Waals surface area contributed by atoms with Gasteiger partial charge in [-0.2, -0.15) is 12.6 Å². The first-order valence-corrected chi connectivity index (χ1v) is 24.3. The summed E-state index contributed by atoms with van der Waals surface area (Å²) in [7, 11) is 0. The van der Waals surface area contributed by atoms with Crippen LogP contribution in [0.3, 0.4) is 0 Å². The van der Waals surface area contributed by atoms with Crippen LogP contribution in [0, 0.1) is 17.7 Å². The topological polar surface area (TPSA) is 374 Å². The van der Waals surface area contributed by atoms with E-state index in [1.54, 1.807) is 27.7 Å². The van der Waals surface area contributed by atoms with Crippen molar-refractivity contribution >= 4 is 77.1 Å². The molecule has 402 valence electrons. The molecule has 0 radical (unpaired) electrons. The summed E-state index contributed by atoms with van der Waals surface area (Å²) in [4.78, 5) is 147. The van der Waals surface area contributed by atoms with E-state index in [1.807, 2.05) is 0 Å². The normalized spacial score (nSPS) is 14.0. The summed E-state index contributed by atoms with van der Waals surface area (Å²) in [6.07, 6.45) is -0.910. The number of rotatable bonds is 35. The monoisotopic (exact) mass is 1040 g/mol. The van der Waals surface area contributed by atoms with Gasteiger partial charge in [-0.05, 0) is 79.2 Å². The number of thiol groups is 1. The Morgan fingerprint density at radius 3 is 1.86 bits per heavy atom. The van der Waals surface area contributed by atoms with Gasteiger partial charge in [0.25, 0.3) is 0 Å². The second-order valence-corrected chi connectivity index (χ2v) is 18.4. The Balaban J connectivity index is 2.40. The minimum absolute atomic E-state index is 0.0178. The van der Waals surface area contributed by atoms with Gasteiger partial charge in [-0.1, -0.05) is 58.4 Å². The standard InChI is InChI=1S/C48H70FN11O12S/c1-6-27(4)42(45(69)44(68)35(55-40(65)8-7-19-73)21-29-11-15-32(61)16-12-29)59-58-33(17-18-38(50)63)46(70)57-36(22-39(51)64)47(71)54-28(5)48(72)60(24-30-9-13-31(49)14-10-30)25-41(66)56-34(20-26(2)3)43(67)37(62)23-53-52/h9-16,26-28,33-36,42,53,58-59,61,73H,6-8,17-25,52H2,1-5H3,(H2,50,63)(H2,51,64)(H,54,71)(H,55,65)(H,56,66)(H,57,70)/t27-,28-,33-,34-,35-,36-,42?/m0/s1. The maximum atomic E-state index is 14.1. The maximum absolute atomic E-state index is 14.1. The van der Waals surface area contributed by atoms with Crippen LogP contribution in [0.15, 0.2) is 48.5 Å². The van der Waals surface area contributed by atoms with Crippen molar-refractivity contribution in [2.75, 3.05) is 18.8 Å². The average Bonchev–Trinajstić information content (AvgIpc) is 3.33. The first-order chi connectivity index (χ1) is 34.4. The molecule has 0 fully saturated rings. The molecule has 1 unspecified atom stereocenters. The molecule has 2 rings (SSSR count). The van der Waals surface area contributed by atoms with Gasteiger partial charge in [0.15, 0.2) is 0 Å². The second kappa shape index (κ2) is 31.7. The molecule has 0 spiro atoms. The number of carbonyl (C=O) groups excluding carboxylic acids is 11. The van der Waals surface area contributed by atoms with Crippen molar-refractivity contribution < 1.29 is 62.2 Å². The zero-order valence-electron chi connectivity index (χ0n) is 41.7. The number of amides is 7. The maximum Gasteiger partial charge on any atom is 0.245 e. The number of phenolic OH excluding ortho intramolecular Hbond substituents is 1. The Bertz CT molecular complexity index is 2250. The van der Waals surface area contributed by atoms with Gasteiger partial charge in [-0.15, -0.1) is 0 Å². The van der Waals surface area contributed by atoms with E-state index < -0.39 is 138 Å². The average molecular weight is 1040 g/mol. The van der Waals surface area contributed by atoms with Crippen LogP contribution in [-0.2, 0) is 65.7 Å². The Morgan fingerprint density at radius 1 is 0.699 bits per heavy atom. The fourth-order valence-electron chi connectivity index (χ4n) is 7.20. The fourth-order valence-corrected chi connectivity index (χ4v) is 7.36. The van der Waals surface area contributed by atoms with E-state index in [2.05, 4.69) is 50.2 Å². The Morgan fingerprint density at radius 2 is 1.30 bits per heavy atom. The van der Waals surface area contributed by atoms with Crippen LogP contribution in [0.25, 0.3) is 0 Å². The summed E-state index contributed by atoms with van der Waals surface area (Å²) in [5.41, 5.74) is 19.2. The van der Waals surface area contributed by atoms with Gasteiger partial charge in [-0.3, -0.25) is 64.0 Å². The fraction of sp³-hybridized carbons (Fsp3) is 0.521. The molecule has 0 bridgehead atoms. The summed E-state index contributed by atoms with van der Waals surface area (Å²) in [6, 6.07) is 2.02. The summed E-state index contributed by atoms with van der Waals surface area (Å²) in [5.74, 6) is -5.93. The number of nitrogens with two attached hydrogens (primary N) is 3. The van der Waals surface area contributed by atoms with Crippen molar-refractivity contribution in [1.29, 1.82) is 0 Å². The molecule has 0 heterocycles. The molecule has 0 saturated heterocycles. The number of ketones is 4. The van der Waals surface area contributed by atoms with E-state index in [9.17, 15) is 62.2 Å². The van der Waals surface area contributed by atoms with Crippen LogP contribution in [0.5, 0.6) is 5.75 Å². The molecule has 2 aromatic rings. The molecule has 0 aliphatic rings. The van der Waals surface area contributed by atoms with E-state index >= 15 is 0 Å². The van der Waals surface area contributed by atoms with Gasteiger partial charge >= 0.3 is 0 Å². The molecular formula is C48H70FN11O12S. The minimum Gasteiger partial charge on any atom is -0.508 e. The quantitative estimate of drug-likeness (QED) is 0.0163. The van der Waals surface area contributed by atoms with E-state index in [-0.39, 0.29) is 43.9 Å². The lowest BCUT2D eigenvalue weighted by atomic mass is 9.90. The third-order valence-electron chi connectivity index (χ3n) is 11.3. The highest BCUT2D eigenvalue weighted by Crippen LogP contribution is 2.16. The number of hydrazine groups is 2. The van der Waals surface area contributed by atoms with Crippen molar-refractivity contribution in [2.24, 2.45) is 29.1 Å². The van der Waals surface area contributed by atoms with Gasteiger partial charge in [0.05, 0.1) is 37.6 Å². The molecular weight excluding hydrogens is 974 g/mol. The second-order valence-electron chi connectivity index (χ2n) is 18.0. The number of phenols is 1. The zero-order chi connectivity index (χ0) is 54.9. The van der Waals surface area contributed by atoms with Crippen molar-refractivity contribution in [3.63, 3.8) is 0 Å². The first-order valence-electron chi connectivity index (χ1n) is 23.7. The van der Waals surface area contributed by atoms with Gasteiger partial charge < -0.3 is 42.7 Å². The van der Waals surface area contributed by atoms with Crippen LogP contribution in [0.2, 0.25) is 0 Å². The summed E-state index contributed by atoms with van der Waals surface area (Å²) >= 11 is 4.12. The molecule has 7 amide bonds. The largest absolute Gasteiger partial charge is 0.508 e.